The number of carbonyl (C=O) groups is 1. The Hall–Kier alpha value is -0.240. The van der Waals surface area contributed by atoms with E-state index >= 15 is 0 Å². The Morgan fingerprint density at radius 1 is 1.67 bits per heavy atom. The monoisotopic (exact) mass is 331 g/mol. The van der Waals surface area contributed by atoms with Crippen LogP contribution in [0.4, 0.5) is 8.78 Å². The number of carboxylic acid groups (broad SMARTS) is 1. The normalized spacial score (nSPS) is 27.7. The summed E-state index contributed by atoms with van der Waals surface area (Å²) in [5.41, 5.74) is 0.127. The largest absolute Gasteiger partial charge is 0.478 e. The van der Waals surface area contributed by atoms with Crippen LogP contribution in [0.1, 0.15) is 13.3 Å². The smallest absolute Gasteiger partial charge is 0.330 e. The lowest BCUT2D eigenvalue weighted by Gasteiger charge is -2.32. The van der Waals surface area contributed by atoms with E-state index in [0.29, 0.717) is 6.54 Å². The lowest BCUT2D eigenvalue weighted by Crippen LogP contribution is -2.41. The van der Waals surface area contributed by atoms with E-state index in [4.69, 9.17) is 5.11 Å². The molecule has 15 heavy (non-hydrogen) atoms. The predicted octanol–water partition coefficient (Wildman–Crippen LogP) is 2.32. The summed E-state index contributed by atoms with van der Waals surface area (Å²) >= 11 is 1.84. The molecule has 1 aliphatic heterocycles. The second kappa shape index (κ2) is 4.73. The Kier molecular flexibility index (Phi) is 4.05. The first kappa shape index (κ1) is 12.8. The minimum Gasteiger partial charge on any atom is -0.478 e. The van der Waals surface area contributed by atoms with Crippen LogP contribution in [0, 0.1) is 5.92 Å². The van der Waals surface area contributed by atoms with Crippen molar-refractivity contribution in [1.29, 1.82) is 0 Å². The molecular weight excluding hydrogens is 319 g/mol. The number of piperidine rings is 1. The first-order valence-electron chi connectivity index (χ1n) is 4.50. The molecule has 1 saturated heterocycles. The Labute approximate surface area is 101 Å². The van der Waals surface area contributed by atoms with E-state index in [0.717, 1.165) is 0 Å². The van der Waals surface area contributed by atoms with Gasteiger partial charge < -0.3 is 5.11 Å². The minimum atomic E-state index is -2.72. The molecule has 3 nitrogen and oxygen atoms in total. The number of hydrogen-bond donors (Lipinski definition) is 1. The van der Waals surface area contributed by atoms with E-state index in [1.165, 1.54) is 16.1 Å². The van der Waals surface area contributed by atoms with Crippen molar-refractivity contribution in [3.63, 3.8) is 0 Å². The number of halogens is 3. The molecule has 86 valence electrons. The standard InChI is InChI=1S/C9H12F2INO2/c1-6(8(14)15)2-7-3-9(10,11)5-13(12)4-7/h2,7H,3-5H2,1H3,(H,14,15)/b6-2+. The van der Waals surface area contributed by atoms with Crippen LogP contribution >= 0.6 is 22.9 Å². The number of alkyl halides is 2. The van der Waals surface area contributed by atoms with Gasteiger partial charge >= 0.3 is 5.97 Å². The van der Waals surface area contributed by atoms with Gasteiger partial charge in [0.15, 0.2) is 0 Å². The van der Waals surface area contributed by atoms with Gasteiger partial charge in [-0.2, -0.15) is 0 Å². The van der Waals surface area contributed by atoms with E-state index in [9.17, 15) is 13.6 Å². The fourth-order valence-corrected chi connectivity index (χ4v) is 2.62. The second-order valence-corrected chi connectivity index (χ2v) is 5.14. The molecule has 0 aliphatic carbocycles. The highest BCUT2D eigenvalue weighted by molar-refractivity contribution is 14.1. The average molecular weight is 331 g/mol. The maximum absolute atomic E-state index is 13.1. The fourth-order valence-electron chi connectivity index (χ4n) is 1.62. The molecule has 1 unspecified atom stereocenters. The van der Waals surface area contributed by atoms with Gasteiger partial charge in [0.05, 0.1) is 6.54 Å². The zero-order valence-electron chi connectivity index (χ0n) is 8.21. The van der Waals surface area contributed by atoms with Gasteiger partial charge in [-0.05, 0) is 12.8 Å². The van der Waals surface area contributed by atoms with Crippen molar-refractivity contribution >= 4 is 28.8 Å². The third-order valence-corrected chi connectivity index (χ3v) is 2.95. The van der Waals surface area contributed by atoms with Crippen molar-refractivity contribution in [3.8, 4) is 0 Å². The molecular formula is C9H12F2INO2. The van der Waals surface area contributed by atoms with Crippen LogP contribution in [0.25, 0.3) is 0 Å². The Morgan fingerprint density at radius 3 is 2.73 bits per heavy atom. The molecule has 1 N–H and O–H groups in total. The van der Waals surface area contributed by atoms with E-state index in [1.807, 2.05) is 22.9 Å². The summed E-state index contributed by atoms with van der Waals surface area (Å²) in [6.07, 6.45) is 1.15. The Bertz CT molecular complexity index is 294. The Balaban J connectivity index is 2.71. The number of hydrogen-bond acceptors (Lipinski definition) is 2. The van der Waals surface area contributed by atoms with Gasteiger partial charge in [0, 0.05) is 41.4 Å². The molecule has 0 spiro atoms. The quantitative estimate of drug-likeness (QED) is 0.480. The van der Waals surface area contributed by atoms with Crippen molar-refractivity contribution in [2.45, 2.75) is 19.3 Å². The molecule has 1 heterocycles. The zero-order chi connectivity index (χ0) is 11.6. The van der Waals surface area contributed by atoms with Gasteiger partial charge in [-0.15, -0.1) is 0 Å². The molecule has 6 heteroatoms. The fraction of sp³-hybridized carbons (Fsp3) is 0.667. The maximum Gasteiger partial charge on any atom is 0.330 e. The van der Waals surface area contributed by atoms with Crippen LogP contribution in [0.2, 0.25) is 0 Å². The lowest BCUT2D eigenvalue weighted by molar-refractivity contribution is -0.132. The highest BCUT2D eigenvalue weighted by Crippen LogP contribution is 2.33. The van der Waals surface area contributed by atoms with E-state index in [-0.39, 0.29) is 24.5 Å². The van der Waals surface area contributed by atoms with Gasteiger partial charge in [-0.25, -0.2) is 16.7 Å². The van der Waals surface area contributed by atoms with Crippen LogP contribution in [-0.2, 0) is 4.79 Å². The van der Waals surface area contributed by atoms with E-state index < -0.39 is 11.9 Å². The van der Waals surface area contributed by atoms with Crippen LogP contribution < -0.4 is 0 Å². The highest BCUT2D eigenvalue weighted by atomic mass is 127. The third-order valence-electron chi connectivity index (χ3n) is 2.22. The van der Waals surface area contributed by atoms with Crippen molar-refractivity contribution in [2.24, 2.45) is 5.92 Å². The molecule has 1 aliphatic rings. The molecule has 0 aromatic carbocycles. The average Bonchev–Trinajstić information content (AvgIpc) is 1.99. The summed E-state index contributed by atoms with van der Waals surface area (Å²) in [5, 5.41) is 8.64. The molecule has 0 saturated carbocycles. The molecule has 0 radical (unpaired) electrons. The van der Waals surface area contributed by atoms with E-state index in [2.05, 4.69) is 0 Å². The number of aliphatic carboxylic acids is 1. The maximum atomic E-state index is 13.1. The first-order chi connectivity index (χ1) is 6.80. The molecule has 1 rings (SSSR count). The predicted molar refractivity (Wildman–Crippen MR) is 60.0 cm³/mol. The summed E-state index contributed by atoms with van der Waals surface area (Å²) in [6.45, 7) is 1.64. The zero-order valence-corrected chi connectivity index (χ0v) is 10.4. The van der Waals surface area contributed by atoms with E-state index in [1.54, 1.807) is 0 Å². The molecule has 0 bridgehead atoms. The Morgan fingerprint density at radius 2 is 2.27 bits per heavy atom. The van der Waals surface area contributed by atoms with Gasteiger partial charge in [0.2, 0.25) is 0 Å². The summed E-state index contributed by atoms with van der Waals surface area (Å²) in [7, 11) is 0. The van der Waals surface area contributed by atoms with Crippen molar-refractivity contribution in [1.82, 2.24) is 3.11 Å². The molecule has 0 amide bonds. The highest BCUT2D eigenvalue weighted by Gasteiger charge is 2.38. The van der Waals surface area contributed by atoms with Crippen molar-refractivity contribution in [3.05, 3.63) is 11.6 Å². The van der Waals surface area contributed by atoms with Gasteiger partial charge in [-0.1, -0.05) is 6.08 Å². The summed E-state index contributed by atoms with van der Waals surface area (Å²) in [5.74, 6) is -4.16. The van der Waals surface area contributed by atoms with Gasteiger partial charge in [0.25, 0.3) is 5.92 Å². The van der Waals surface area contributed by atoms with Crippen LogP contribution in [-0.4, -0.2) is 33.2 Å². The first-order valence-corrected chi connectivity index (χ1v) is 5.47. The number of carboxylic acids is 1. The summed E-state index contributed by atoms with van der Waals surface area (Å²) < 4.78 is 27.8. The molecule has 1 fully saturated rings. The van der Waals surface area contributed by atoms with Gasteiger partial charge in [0.1, 0.15) is 0 Å². The summed E-state index contributed by atoms with van der Waals surface area (Å²) in [6, 6.07) is 0. The van der Waals surface area contributed by atoms with Crippen LogP contribution in [0.15, 0.2) is 11.6 Å². The molecule has 0 aromatic heterocycles. The minimum absolute atomic E-state index is 0.127. The van der Waals surface area contributed by atoms with Crippen LogP contribution in [0.3, 0.4) is 0 Å². The van der Waals surface area contributed by atoms with Gasteiger partial charge in [-0.3, -0.25) is 0 Å². The van der Waals surface area contributed by atoms with Crippen LogP contribution in [0.5, 0.6) is 0 Å². The SMILES string of the molecule is C/C(=C\C1CN(I)CC(F)(F)C1)C(=O)O. The van der Waals surface area contributed by atoms with Crippen molar-refractivity contribution in [2.75, 3.05) is 13.1 Å². The summed E-state index contributed by atoms with van der Waals surface area (Å²) in [4.78, 5) is 10.5. The lowest BCUT2D eigenvalue weighted by atomic mass is 9.95. The van der Waals surface area contributed by atoms with Crippen molar-refractivity contribution < 1.29 is 18.7 Å². The molecule has 0 aromatic rings. The number of rotatable bonds is 2. The molecule has 1 atom stereocenters. The third kappa shape index (κ3) is 4.02. The number of nitrogens with zero attached hydrogens (tertiary/aromatic N) is 1. The topological polar surface area (TPSA) is 40.5 Å². The second-order valence-electron chi connectivity index (χ2n) is 3.78.